The molecule has 2 atom stereocenters. The lowest BCUT2D eigenvalue weighted by Gasteiger charge is -2.26. The average Bonchev–Trinajstić information content (AvgIpc) is 3.13. The molecule has 0 radical (unpaired) electrons. The van der Waals surface area contributed by atoms with Crippen LogP contribution in [0.2, 0.25) is 0 Å². The average molecular weight is 434 g/mol. The van der Waals surface area contributed by atoms with Gasteiger partial charge in [-0.1, -0.05) is 0 Å². The predicted octanol–water partition coefficient (Wildman–Crippen LogP) is 4.36. The highest BCUT2D eigenvalue weighted by Gasteiger charge is 2.34. The molecule has 2 aromatic rings. The molecule has 0 amide bonds. The van der Waals surface area contributed by atoms with Gasteiger partial charge in [-0.15, -0.1) is 0 Å². The third-order valence-electron chi connectivity index (χ3n) is 4.97. The molecule has 0 unspecified atom stereocenters. The summed E-state index contributed by atoms with van der Waals surface area (Å²) in [6.07, 6.45) is -3.86. The number of alkyl halides is 3. The maximum atomic E-state index is 12.7. The summed E-state index contributed by atoms with van der Waals surface area (Å²) >= 11 is 0. The first-order valence-electron chi connectivity index (χ1n) is 9.66. The molecule has 2 aromatic carbocycles. The van der Waals surface area contributed by atoms with E-state index in [1.807, 2.05) is 11.0 Å². The number of carboxylic acids is 1. The van der Waals surface area contributed by atoms with Crippen LogP contribution in [0.15, 0.2) is 48.5 Å². The van der Waals surface area contributed by atoms with E-state index < -0.39 is 17.7 Å². The SMILES string of the molecule is N#CCCOC[C@@H]1C[C@@H](Oc2ccc(C(F)(F)F)cc2)CN1c1ccc(C(=O)O)cc1. The molecule has 0 aliphatic carbocycles. The van der Waals surface area contributed by atoms with E-state index in [0.29, 0.717) is 31.9 Å². The van der Waals surface area contributed by atoms with Crippen molar-refractivity contribution < 1.29 is 32.5 Å². The lowest BCUT2D eigenvalue weighted by Crippen LogP contribution is -2.33. The Balaban J connectivity index is 1.71. The topological polar surface area (TPSA) is 82.8 Å². The van der Waals surface area contributed by atoms with Crippen LogP contribution in [0.25, 0.3) is 0 Å². The van der Waals surface area contributed by atoms with Crippen LogP contribution < -0.4 is 9.64 Å². The molecule has 9 heteroatoms. The monoisotopic (exact) mass is 434 g/mol. The summed E-state index contributed by atoms with van der Waals surface area (Å²) in [6, 6.07) is 12.9. The van der Waals surface area contributed by atoms with Gasteiger partial charge < -0.3 is 19.5 Å². The van der Waals surface area contributed by atoms with Gasteiger partial charge in [-0.3, -0.25) is 0 Å². The summed E-state index contributed by atoms with van der Waals surface area (Å²) in [4.78, 5) is 13.1. The van der Waals surface area contributed by atoms with E-state index in [2.05, 4.69) is 0 Å². The van der Waals surface area contributed by atoms with Crippen molar-refractivity contribution in [2.75, 3.05) is 24.7 Å². The quantitative estimate of drug-likeness (QED) is 0.622. The number of nitrogens with zero attached hydrogens (tertiary/aromatic N) is 2. The van der Waals surface area contributed by atoms with E-state index in [-0.39, 0.29) is 24.1 Å². The first-order chi connectivity index (χ1) is 14.8. The molecule has 0 spiro atoms. The van der Waals surface area contributed by atoms with Crippen molar-refractivity contribution in [2.24, 2.45) is 0 Å². The lowest BCUT2D eigenvalue weighted by molar-refractivity contribution is -0.137. The smallest absolute Gasteiger partial charge is 0.416 e. The zero-order chi connectivity index (χ0) is 22.4. The highest BCUT2D eigenvalue weighted by Crippen LogP contribution is 2.32. The van der Waals surface area contributed by atoms with Gasteiger partial charge >= 0.3 is 12.1 Å². The molecule has 0 saturated carbocycles. The number of nitriles is 1. The fourth-order valence-electron chi connectivity index (χ4n) is 3.48. The number of rotatable bonds is 8. The van der Waals surface area contributed by atoms with E-state index in [1.54, 1.807) is 12.1 Å². The Kier molecular flexibility index (Phi) is 7.02. The zero-order valence-electron chi connectivity index (χ0n) is 16.5. The molecule has 0 bridgehead atoms. The third-order valence-corrected chi connectivity index (χ3v) is 4.97. The van der Waals surface area contributed by atoms with E-state index in [9.17, 15) is 18.0 Å². The second-order valence-corrected chi connectivity index (χ2v) is 7.14. The number of carbonyl (C=O) groups is 1. The maximum absolute atomic E-state index is 12.7. The number of benzene rings is 2. The zero-order valence-corrected chi connectivity index (χ0v) is 16.5. The van der Waals surface area contributed by atoms with Crippen molar-refractivity contribution in [1.29, 1.82) is 5.26 Å². The molecular weight excluding hydrogens is 413 g/mol. The molecule has 1 heterocycles. The van der Waals surface area contributed by atoms with Gasteiger partial charge in [-0.25, -0.2) is 4.79 Å². The first kappa shape index (κ1) is 22.4. The van der Waals surface area contributed by atoms with Gasteiger partial charge in [0.05, 0.1) is 49.4 Å². The van der Waals surface area contributed by atoms with Crippen molar-refractivity contribution in [3.05, 3.63) is 59.7 Å². The van der Waals surface area contributed by atoms with Gasteiger partial charge in [-0.05, 0) is 48.5 Å². The Morgan fingerprint density at radius 3 is 2.42 bits per heavy atom. The molecule has 1 saturated heterocycles. The molecule has 1 aliphatic heterocycles. The number of aromatic carboxylic acids is 1. The number of anilines is 1. The molecule has 0 aromatic heterocycles. The van der Waals surface area contributed by atoms with Crippen LogP contribution >= 0.6 is 0 Å². The summed E-state index contributed by atoms with van der Waals surface area (Å²) in [6.45, 7) is 1.10. The summed E-state index contributed by atoms with van der Waals surface area (Å²) < 4.78 is 49.7. The molecule has 6 nitrogen and oxygen atoms in total. The highest BCUT2D eigenvalue weighted by molar-refractivity contribution is 5.88. The minimum absolute atomic E-state index is 0.0891. The molecule has 1 aliphatic rings. The highest BCUT2D eigenvalue weighted by atomic mass is 19.4. The van der Waals surface area contributed by atoms with E-state index in [4.69, 9.17) is 19.8 Å². The fourth-order valence-corrected chi connectivity index (χ4v) is 3.48. The second kappa shape index (κ2) is 9.71. The second-order valence-electron chi connectivity index (χ2n) is 7.14. The van der Waals surface area contributed by atoms with Gasteiger partial charge in [-0.2, -0.15) is 18.4 Å². The molecule has 1 N–H and O–H groups in total. The summed E-state index contributed by atoms with van der Waals surface area (Å²) in [7, 11) is 0. The Morgan fingerprint density at radius 1 is 1.16 bits per heavy atom. The number of ether oxygens (including phenoxy) is 2. The molecular formula is C22H21F3N2O4. The van der Waals surface area contributed by atoms with E-state index >= 15 is 0 Å². The van der Waals surface area contributed by atoms with E-state index in [0.717, 1.165) is 17.8 Å². The lowest BCUT2D eigenvalue weighted by atomic mass is 10.1. The number of halogens is 3. The molecule has 1 fully saturated rings. The van der Waals surface area contributed by atoms with Crippen molar-refractivity contribution in [1.82, 2.24) is 0 Å². The normalized spacial score (nSPS) is 18.6. The third kappa shape index (κ3) is 5.89. The van der Waals surface area contributed by atoms with Crippen molar-refractivity contribution >= 4 is 11.7 Å². The van der Waals surface area contributed by atoms with Crippen molar-refractivity contribution in [3.63, 3.8) is 0 Å². The largest absolute Gasteiger partial charge is 0.489 e. The standard InChI is InChI=1S/C22H21F3N2O4/c23-22(24,25)16-4-8-19(9-5-16)31-20-12-18(14-30-11-1-10-26)27(13-20)17-6-2-15(3-7-17)21(28)29/h2-9,18,20H,1,11-14H2,(H,28,29)/t18-,20+/m0/s1. The molecule has 31 heavy (non-hydrogen) atoms. The Morgan fingerprint density at radius 2 is 1.84 bits per heavy atom. The van der Waals surface area contributed by atoms with Crippen molar-refractivity contribution in [2.45, 2.75) is 31.2 Å². The van der Waals surface area contributed by atoms with Crippen LogP contribution in [0.5, 0.6) is 5.75 Å². The van der Waals surface area contributed by atoms with Crippen LogP contribution in [0.1, 0.15) is 28.8 Å². The Labute approximate surface area is 177 Å². The van der Waals surface area contributed by atoms with Gasteiger partial charge in [0.1, 0.15) is 11.9 Å². The minimum Gasteiger partial charge on any atom is -0.489 e. The van der Waals surface area contributed by atoms with Gasteiger partial charge in [0.15, 0.2) is 0 Å². The Bertz CT molecular complexity index is 924. The van der Waals surface area contributed by atoms with Crippen LogP contribution in [0.3, 0.4) is 0 Å². The van der Waals surface area contributed by atoms with Crippen LogP contribution in [-0.4, -0.2) is 43.0 Å². The predicted molar refractivity (Wildman–Crippen MR) is 106 cm³/mol. The number of hydrogen-bond acceptors (Lipinski definition) is 5. The van der Waals surface area contributed by atoms with Crippen molar-refractivity contribution in [3.8, 4) is 11.8 Å². The van der Waals surface area contributed by atoms with Crippen LogP contribution in [0, 0.1) is 11.3 Å². The van der Waals surface area contributed by atoms with Gasteiger partial charge in [0.25, 0.3) is 0 Å². The van der Waals surface area contributed by atoms with Gasteiger partial charge in [0, 0.05) is 12.1 Å². The van der Waals surface area contributed by atoms with Crippen LogP contribution in [-0.2, 0) is 10.9 Å². The fraction of sp³-hybridized carbons (Fsp3) is 0.364. The summed E-state index contributed by atoms with van der Waals surface area (Å²) in [5.74, 6) is -0.682. The number of hydrogen-bond donors (Lipinski definition) is 1. The Hall–Kier alpha value is -3.25. The first-order valence-corrected chi connectivity index (χ1v) is 9.66. The maximum Gasteiger partial charge on any atom is 0.416 e. The van der Waals surface area contributed by atoms with Gasteiger partial charge in [0.2, 0.25) is 0 Å². The molecule has 164 valence electrons. The van der Waals surface area contributed by atoms with E-state index in [1.165, 1.54) is 24.3 Å². The minimum atomic E-state index is -4.41. The summed E-state index contributed by atoms with van der Waals surface area (Å²) in [5, 5.41) is 17.7. The molecule has 3 rings (SSSR count). The van der Waals surface area contributed by atoms with Crippen LogP contribution in [0.4, 0.5) is 18.9 Å². The number of carboxylic acid groups (broad SMARTS) is 1. The summed E-state index contributed by atoms with van der Waals surface area (Å²) in [5.41, 5.74) is 0.218.